The van der Waals surface area contributed by atoms with Crippen LogP contribution in [0, 0.1) is 6.92 Å². The second-order valence-electron chi connectivity index (χ2n) is 6.34. The average Bonchev–Trinajstić information content (AvgIpc) is 3.08. The van der Waals surface area contributed by atoms with Gasteiger partial charge in [0.25, 0.3) is 5.91 Å². The number of rotatable bonds is 5. The Bertz CT molecular complexity index is 1090. The molecule has 1 aromatic heterocycles. The second-order valence-corrected chi connectivity index (χ2v) is 7.78. The van der Waals surface area contributed by atoms with Crippen molar-refractivity contribution in [1.29, 1.82) is 0 Å². The molecule has 0 aliphatic heterocycles. The Morgan fingerprint density at radius 2 is 1.86 bits per heavy atom. The van der Waals surface area contributed by atoms with Gasteiger partial charge in [-0.05, 0) is 54.4 Å². The normalized spacial score (nSPS) is 10.8. The number of hydrogen-bond donors (Lipinski definition) is 1. The zero-order valence-corrected chi connectivity index (χ0v) is 16.7. The number of amides is 1. The van der Waals surface area contributed by atoms with Gasteiger partial charge >= 0.3 is 0 Å². The number of benzene rings is 3. The molecule has 0 fully saturated rings. The molecule has 0 unspecified atom stereocenters. The molecule has 0 aliphatic rings. The second kappa shape index (κ2) is 8.00. The van der Waals surface area contributed by atoms with E-state index in [0.717, 1.165) is 21.3 Å². The summed E-state index contributed by atoms with van der Waals surface area (Å²) in [6.07, 6.45) is 0. The molecule has 1 amide bonds. The maximum atomic E-state index is 12.5. The van der Waals surface area contributed by atoms with Gasteiger partial charge < -0.3 is 4.74 Å². The Morgan fingerprint density at radius 1 is 1.11 bits per heavy atom. The SMILES string of the molecule is Cc1cc2sc(NC(=O)c3ccc(OCc4ccccc4)cc3)nc2cc1Cl. The summed E-state index contributed by atoms with van der Waals surface area (Å²) in [5, 5.41) is 4.06. The Balaban J connectivity index is 1.42. The molecule has 0 saturated heterocycles. The predicted octanol–water partition coefficient (Wildman–Crippen LogP) is 6.09. The summed E-state index contributed by atoms with van der Waals surface area (Å²) in [6.45, 7) is 2.43. The molecular weight excluding hydrogens is 392 g/mol. The van der Waals surface area contributed by atoms with Gasteiger partial charge in [-0.1, -0.05) is 53.3 Å². The van der Waals surface area contributed by atoms with E-state index < -0.39 is 0 Å². The highest BCUT2D eigenvalue weighted by Gasteiger charge is 2.11. The molecule has 4 aromatic rings. The van der Waals surface area contributed by atoms with Crippen LogP contribution in [-0.2, 0) is 6.61 Å². The van der Waals surface area contributed by atoms with Crippen LogP contribution in [0.2, 0.25) is 5.02 Å². The lowest BCUT2D eigenvalue weighted by Crippen LogP contribution is -2.11. The first-order valence-electron chi connectivity index (χ1n) is 8.73. The predicted molar refractivity (Wildman–Crippen MR) is 115 cm³/mol. The standard InChI is InChI=1S/C22H17ClN2O2S/c1-14-11-20-19(12-18(14)23)24-22(28-20)25-21(26)16-7-9-17(10-8-16)27-13-15-5-3-2-4-6-15/h2-12H,13H2,1H3,(H,24,25,26). The monoisotopic (exact) mass is 408 g/mol. The van der Waals surface area contributed by atoms with Crippen LogP contribution in [0.15, 0.2) is 66.7 Å². The van der Waals surface area contributed by atoms with Crippen molar-refractivity contribution < 1.29 is 9.53 Å². The lowest BCUT2D eigenvalue weighted by molar-refractivity contribution is 0.102. The van der Waals surface area contributed by atoms with E-state index in [0.29, 0.717) is 28.1 Å². The van der Waals surface area contributed by atoms with Crippen molar-refractivity contribution in [3.63, 3.8) is 0 Å². The van der Waals surface area contributed by atoms with Crippen molar-refractivity contribution in [1.82, 2.24) is 4.98 Å². The van der Waals surface area contributed by atoms with Gasteiger partial charge in [-0.3, -0.25) is 10.1 Å². The van der Waals surface area contributed by atoms with Gasteiger partial charge in [0, 0.05) is 10.6 Å². The zero-order chi connectivity index (χ0) is 19.5. The fourth-order valence-electron chi connectivity index (χ4n) is 2.72. The van der Waals surface area contributed by atoms with Gasteiger partial charge in [-0.15, -0.1) is 0 Å². The highest BCUT2D eigenvalue weighted by molar-refractivity contribution is 7.22. The van der Waals surface area contributed by atoms with E-state index in [9.17, 15) is 4.79 Å². The van der Waals surface area contributed by atoms with Gasteiger partial charge in [0.1, 0.15) is 12.4 Å². The van der Waals surface area contributed by atoms with Crippen LogP contribution < -0.4 is 10.1 Å². The number of halogens is 1. The molecule has 0 aliphatic carbocycles. The maximum Gasteiger partial charge on any atom is 0.257 e. The Labute approximate surface area is 171 Å². The first-order chi connectivity index (χ1) is 13.6. The van der Waals surface area contributed by atoms with Crippen LogP contribution >= 0.6 is 22.9 Å². The molecule has 1 heterocycles. The van der Waals surface area contributed by atoms with Gasteiger partial charge in [0.2, 0.25) is 0 Å². The number of nitrogens with one attached hydrogen (secondary N) is 1. The van der Waals surface area contributed by atoms with Crippen molar-refractivity contribution in [2.24, 2.45) is 0 Å². The molecule has 0 saturated carbocycles. The third-order valence-corrected chi connectivity index (χ3v) is 5.59. The van der Waals surface area contributed by atoms with Gasteiger partial charge in [-0.25, -0.2) is 4.98 Å². The van der Waals surface area contributed by atoms with Crippen molar-refractivity contribution in [2.45, 2.75) is 13.5 Å². The molecule has 3 aromatic carbocycles. The molecule has 1 N–H and O–H groups in total. The van der Waals surface area contributed by atoms with E-state index in [1.54, 1.807) is 24.3 Å². The Kier molecular flexibility index (Phi) is 5.28. The number of fused-ring (bicyclic) bond motifs is 1. The summed E-state index contributed by atoms with van der Waals surface area (Å²) in [6, 6.07) is 20.8. The lowest BCUT2D eigenvalue weighted by atomic mass is 10.2. The average molecular weight is 409 g/mol. The molecule has 0 radical (unpaired) electrons. The van der Waals surface area contributed by atoms with E-state index >= 15 is 0 Å². The van der Waals surface area contributed by atoms with E-state index in [2.05, 4.69) is 10.3 Å². The van der Waals surface area contributed by atoms with Crippen molar-refractivity contribution in [3.8, 4) is 5.75 Å². The molecule has 0 spiro atoms. The summed E-state index contributed by atoms with van der Waals surface area (Å²) < 4.78 is 6.74. The molecule has 4 rings (SSSR count). The topological polar surface area (TPSA) is 51.2 Å². The summed E-state index contributed by atoms with van der Waals surface area (Å²) in [5.74, 6) is 0.502. The minimum Gasteiger partial charge on any atom is -0.489 e. The van der Waals surface area contributed by atoms with Crippen LogP contribution in [0.5, 0.6) is 5.75 Å². The zero-order valence-electron chi connectivity index (χ0n) is 15.1. The van der Waals surface area contributed by atoms with E-state index in [4.69, 9.17) is 16.3 Å². The highest BCUT2D eigenvalue weighted by Crippen LogP contribution is 2.30. The molecule has 4 nitrogen and oxygen atoms in total. The fourth-order valence-corrected chi connectivity index (χ4v) is 3.81. The number of carbonyl (C=O) groups is 1. The van der Waals surface area contributed by atoms with Crippen LogP contribution in [0.3, 0.4) is 0 Å². The third kappa shape index (κ3) is 4.16. The number of carbonyl (C=O) groups excluding carboxylic acids is 1. The van der Waals surface area contributed by atoms with Gasteiger partial charge in [0.15, 0.2) is 5.13 Å². The number of aryl methyl sites for hydroxylation is 1. The molecule has 6 heteroatoms. The van der Waals surface area contributed by atoms with Gasteiger partial charge in [0.05, 0.1) is 10.2 Å². The summed E-state index contributed by atoms with van der Waals surface area (Å²) in [4.78, 5) is 16.9. The lowest BCUT2D eigenvalue weighted by Gasteiger charge is -2.07. The van der Waals surface area contributed by atoms with Crippen LogP contribution in [0.1, 0.15) is 21.5 Å². The van der Waals surface area contributed by atoms with E-state index in [-0.39, 0.29) is 5.91 Å². The summed E-state index contributed by atoms with van der Waals surface area (Å²) >= 11 is 7.57. The molecule has 140 valence electrons. The van der Waals surface area contributed by atoms with Gasteiger partial charge in [-0.2, -0.15) is 0 Å². The van der Waals surface area contributed by atoms with Crippen molar-refractivity contribution in [2.75, 3.05) is 5.32 Å². The third-order valence-electron chi connectivity index (χ3n) is 4.25. The number of aromatic nitrogens is 1. The Hall–Kier alpha value is -2.89. The van der Waals surface area contributed by atoms with E-state index in [1.165, 1.54) is 11.3 Å². The van der Waals surface area contributed by atoms with Crippen LogP contribution in [0.25, 0.3) is 10.2 Å². The quantitative estimate of drug-likeness (QED) is 0.434. The number of nitrogens with zero attached hydrogens (tertiary/aromatic N) is 1. The Morgan fingerprint density at radius 3 is 2.61 bits per heavy atom. The number of anilines is 1. The first-order valence-corrected chi connectivity index (χ1v) is 9.93. The first kappa shape index (κ1) is 18.5. The number of hydrogen-bond acceptors (Lipinski definition) is 4. The summed E-state index contributed by atoms with van der Waals surface area (Å²) in [5.41, 5.74) is 3.40. The summed E-state index contributed by atoms with van der Waals surface area (Å²) in [7, 11) is 0. The van der Waals surface area contributed by atoms with Crippen molar-refractivity contribution in [3.05, 3.63) is 88.4 Å². The molecule has 28 heavy (non-hydrogen) atoms. The smallest absolute Gasteiger partial charge is 0.257 e. The molecular formula is C22H17ClN2O2S. The molecule has 0 bridgehead atoms. The van der Waals surface area contributed by atoms with Crippen LogP contribution in [0.4, 0.5) is 5.13 Å². The molecule has 0 atom stereocenters. The maximum absolute atomic E-state index is 12.5. The number of thiazole rings is 1. The fraction of sp³-hybridized carbons (Fsp3) is 0.0909. The highest BCUT2D eigenvalue weighted by atomic mass is 35.5. The van der Waals surface area contributed by atoms with E-state index in [1.807, 2.05) is 49.4 Å². The largest absolute Gasteiger partial charge is 0.489 e. The van der Waals surface area contributed by atoms with Crippen molar-refractivity contribution >= 4 is 44.2 Å². The minimum atomic E-state index is -0.212. The van der Waals surface area contributed by atoms with Crippen LogP contribution in [-0.4, -0.2) is 10.9 Å². The minimum absolute atomic E-state index is 0.212. The number of ether oxygens (including phenoxy) is 1.